The van der Waals surface area contributed by atoms with Gasteiger partial charge in [0.25, 0.3) is 0 Å². The van der Waals surface area contributed by atoms with E-state index in [9.17, 15) is 8.42 Å². The zero-order chi connectivity index (χ0) is 15.0. The van der Waals surface area contributed by atoms with E-state index in [1.54, 1.807) is 0 Å². The molecule has 0 amide bonds. The van der Waals surface area contributed by atoms with Crippen molar-refractivity contribution >= 4 is 34.0 Å². The Balaban J connectivity index is 0.00000176. The van der Waals surface area contributed by atoms with E-state index in [4.69, 9.17) is 16.9 Å². The lowest BCUT2D eigenvalue weighted by Crippen LogP contribution is -2.47. The Bertz CT molecular complexity index is 691. The van der Waals surface area contributed by atoms with Crippen molar-refractivity contribution in [2.24, 2.45) is 0 Å². The van der Waals surface area contributed by atoms with E-state index in [1.807, 2.05) is 6.07 Å². The molecule has 1 aromatic carbocycles. The molecular formula is C14H17Cl2N3O2S. The van der Waals surface area contributed by atoms with Gasteiger partial charge in [-0.25, -0.2) is 13.1 Å². The maximum absolute atomic E-state index is 12.5. The van der Waals surface area contributed by atoms with Gasteiger partial charge in [0.1, 0.15) is 4.90 Å². The summed E-state index contributed by atoms with van der Waals surface area (Å²) >= 11 is 6.00. The van der Waals surface area contributed by atoms with Crippen LogP contribution in [0.25, 0.3) is 0 Å². The highest BCUT2D eigenvalue weighted by Crippen LogP contribution is 2.29. The highest BCUT2D eigenvalue weighted by Gasteiger charge is 2.35. The van der Waals surface area contributed by atoms with Crippen LogP contribution in [-0.2, 0) is 10.0 Å². The molecular weight excluding hydrogens is 345 g/mol. The number of fused-ring (bicyclic) bond motifs is 2. The van der Waals surface area contributed by atoms with E-state index in [1.165, 1.54) is 18.2 Å². The second kappa shape index (κ2) is 6.73. The number of halogens is 2. The molecule has 0 aromatic heterocycles. The van der Waals surface area contributed by atoms with Crippen LogP contribution in [0.5, 0.6) is 0 Å². The molecule has 2 atom stereocenters. The van der Waals surface area contributed by atoms with Crippen molar-refractivity contribution in [2.45, 2.75) is 48.7 Å². The van der Waals surface area contributed by atoms with Gasteiger partial charge < -0.3 is 5.32 Å². The third-order valence-electron chi connectivity index (χ3n) is 4.15. The first-order valence-corrected chi connectivity index (χ1v) is 8.82. The number of sulfonamides is 1. The SMILES string of the molecule is Cl.N#Cc1ccc(S(=O)(=O)NC2CC3CCC(C2)N3)c(Cl)c1. The topological polar surface area (TPSA) is 82.0 Å². The average molecular weight is 362 g/mol. The predicted molar refractivity (Wildman–Crippen MR) is 86.7 cm³/mol. The van der Waals surface area contributed by atoms with Crippen molar-refractivity contribution < 1.29 is 8.42 Å². The standard InChI is InChI=1S/C14H16ClN3O2S.ClH/c15-13-5-9(8-16)1-4-14(13)21(19,20)18-12-6-10-2-3-11(7-12)17-10;/h1,4-5,10-12,17-18H,2-3,6-7H2;1H. The second-order valence-electron chi connectivity index (χ2n) is 5.68. The quantitative estimate of drug-likeness (QED) is 0.864. The van der Waals surface area contributed by atoms with Crippen LogP contribution in [0.4, 0.5) is 0 Å². The van der Waals surface area contributed by atoms with Gasteiger partial charge in [0.15, 0.2) is 0 Å². The zero-order valence-electron chi connectivity index (χ0n) is 11.8. The van der Waals surface area contributed by atoms with Crippen LogP contribution >= 0.6 is 24.0 Å². The maximum Gasteiger partial charge on any atom is 0.242 e. The fraction of sp³-hybridized carbons (Fsp3) is 0.500. The Morgan fingerprint density at radius 3 is 2.45 bits per heavy atom. The minimum atomic E-state index is -3.65. The molecule has 0 saturated carbocycles. The zero-order valence-corrected chi connectivity index (χ0v) is 14.1. The first-order valence-electron chi connectivity index (χ1n) is 6.96. The molecule has 0 spiro atoms. The molecule has 0 radical (unpaired) electrons. The summed E-state index contributed by atoms with van der Waals surface area (Å²) < 4.78 is 27.7. The van der Waals surface area contributed by atoms with Gasteiger partial charge in [-0.05, 0) is 43.9 Å². The first kappa shape index (κ1) is 17.5. The highest BCUT2D eigenvalue weighted by molar-refractivity contribution is 7.89. The minimum Gasteiger partial charge on any atom is -0.311 e. The summed E-state index contributed by atoms with van der Waals surface area (Å²) in [5.74, 6) is 0. The first-order chi connectivity index (χ1) is 9.98. The summed E-state index contributed by atoms with van der Waals surface area (Å²) in [4.78, 5) is 0.0362. The number of benzene rings is 1. The molecule has 120 valence electrons. The number of piperidine rings is 1. The fourth-order valence-corrected chi connectivity index (χ4v) is 5.03. The Kier molecular flexibility index (Phi) is 5.36. The van der Waals surface area contributed by atoms with Crippen LogP contribution in [0.15, 0.2) is 23.1 Å². The molecule has 5 nitrogen and oxygen atoms in total. The van der Waals surface area contributed by atoms with Crippen molar-refractivity contribution in [1.82, 2.24) is 10.0 Å². The number of hydrogen-bond acceptors (Lipinski definition) is 4. The van der Waals surface area contributed by atoms with Gasteiger partial charge in [-0.15, -0.1) is 12.4 Å². The van der Waals surface area contributed by atoms with Crippen LogP contribution in [0, 0.1) is 11.3 Å². The summed E-state index contributed by atoms with van der Waals surface area (Å²) in [6.07, 6.45) is 3.84. The molecule has 1 aromatic rings. The molecule has 22 heavy (non-hydrogen) atoms. The molecule has 2 bridgehead atoms. The number of hydrogen-bond donors (Lipinski definition) is 2. The second-order valence-corrected chi connectivity index (χ2v) is 7.77. The molecule has 2 fully saturated rings. The van der Waals surface area contributed by atoms with Crippen molar-refractivity contribution in [1.29, 1.82) is 5.26 Å². The maximum atomic E-state index is 12.5. The molecule has 2 unspecified atom stereocenters. The molecule has 2 aliphatic heterocycles. The molecule has 2 N–H and O–H groups in total. The summed E-state index contributed by atoms with van der Waals surface area (Å²) in [5, 5.41) is 12.4. The van der Waals surface area contributed by atoms with Gasteiger partial charge in [-0.2, -0.15) is 5.26 Å². The summed E-state index contributed by atoms with van der Waals surface area (Å²) in [5.41, 5.74) is 0.346. The summed E-state index contributed by atoms with van der Waals surface area (Å²) in [6.45, 7) is 0. The average Bonchev–Trinajstić information content (AvgIpc) is 2.77. The van der Waals surface area contributed by atoms with E-state index in [0.717, 1.165) is 25.7 Å². The van der Waals surface area contributed by atoms with E-state index in [2.05, 4.69) is 10.0 Å². The van der Waals surface area contributed by atoms with Crippen LogP contribution in [0.2, 0.25) is 5.02 Å². The number of nitrogens with zero attached hydrogens (tertiary/aromatic N) is 1. The van der Waals surface area contributed by atoms with Crippen molar-refractivity contribution in [3.63, 3.8) is 0 Å². The van der Waals surface area contributed by atoms with E-state index in [0.29, 0.717) is 17.6 Å². The Hall–Kier alpha value is -0.840. The van der Waals surface area contributed by atoms with Gasteiger partial charge in [0.2, 0.25) is 10.0 Å². The van der Waals surface area contributed by atoms with Gasteiger partial charge >= 0.3 is 0 Å². The van der Waals surface area contributed by atoms with Gasteiger partial charge in [-0.3, -0.25) is 0 Å². The molecule has 0 aliphatic carbocycles. The van der Waals surface area contributed by atoms with E-state index >= 15 is 0 Å². The van der Waals surface area contributed by atoms with Crippen molar-refractivity contribution in [2.75, 3.05) is 0 Å². The number of rotatable bonds is 3. The predicted octanol–water partition coefficient (Wildman–Crippen LogP) is 2.19. The molecule has 2 heterocycles. The monoisotopic (exact) mass is 361 g/mol. The minimum absolute atomic E-state index is 0. The highest BCUT2D eigenvalue weighted by atomic mass is 35.5. The largest absolute Gasteiger partial charge is 0.311 e. The van der Waals surface area contributed by atoms with Crippen LogP contribution < -0.4 is 10.0 Å². The Morgan fingerprint density at radius 2 is 1.91 bits per heavy atom. The van der Waals surface area contributed by atoms with Gasteiger partial charge in [0, 0.05) is 18.1 Å². The van der Waals surface area contributed by atoms with Crippen molar-refractivity contribution in [3.8, 4) is 6.07 Å². The van der Waals surface area contributed by atoms with E-state index in [-0.39, 0.29) is 28.4 Å². The normalized spacial score (nSPS) is 27.0. The van der Waals surface area contributed by atoms with Gasteiger partial charge in [0.05, 0.1) is 16.7 Å². The van der Waals surface area contributed by atoms with Gasteiger partial charge in [-0.1, -0.05) is 11.6 Å². The Labute approximate surface area is 141 Å². The van der Waals surface area contributed by atoms with Crippen molar-refractivity contribution in [3.05, 3.63) is 28.8 Å². The summed E-state index contributed by atoms with van der Waals surface area (Å²) in [7, 11) is -3.65. The number of nitrogens with one attached hydrogen (secondary N) is 2. The number of nitriles is 1. The van der Waals surface area contributed by atoms with Crippen LogP contribution in [0.1, 0.15) is 31.2 Å². The molecule has 2 aliphatic rings. The third kappa shape index (κ3) is 3.55. The lowest BCUT2D eigenvalue weighted by atomic mass is 10.0. The van der Waals surface area contributed by atoms with Crippen LogP contribution in [0.3, 0.4) is 0 Å². The molecule has 3 rings (SSSR count). The lowest BCUT2D eigenvalue weighted by Gasteiger charge is -2.29. The molecule has 8 heteroatoms. The van der Waals surface area contributed by atoms with E-state index < -0.39 is 10.0 Å². The molecule has 2 saturated heterocycles. The Morgan fingerprint density at radius 1 is 1.27 bits per heavy atom. The summed E-state index contributed by atoms with van der Waals surface area (Å²) in [6, 6.07) is 6.93. The fourth-order valence-electron chi connectivity index (χ4n) is 3.22. The van der Waals surface area contributed by atoms with Crippen LogP contribution in [-0.4, -0.2) is 26.5 Å². The third-order valence-corrected chi connectivity index (χ3v) is 6.15. The smallest absolute Gasteiger partial charge is 0.242 e. The lowest BCUT2D eigenvalue weighted by molar-refractivity contribution is 0.345.